The molecule has 1 heterocycles. The lowest BCUT2D eigenvalue weighted by atomic mass is 9.91. The highest BCUT2D eigenvalue weighted by atomic mass is 32.2. The number of aromatic amines is 1. The number of aliphatic hydroxyl groups is 1. The number of nitrogens with zero attached hydrogens (tertiary/aromatic N) is 1. The maximum absolute atomic E-state index is 9.63. The SMILES string of the molecule is CCNC(CC)(CO)CCCSc1nc2ccccc2[nH]1. The highest BCUT2D eigenvalue weighted by Gasteiger charge is 2.25. The molecule has 0 radical (unpaired) electrons. The Morgan fingerprint density at radius 3 is 2.81 bits per heavy atom. The van der Waals surface area contributed by atoms with Crippen molar-refractivity contribution in [3.05, 3.63) is 24.3 Å². The number of nitrogens with one attached hydrogen (secondary N) is 2. The van der Waals surface area contributed by atoms with Crippen LogP contribution in [0.2, 0.25) is 0 Å². The third-order valence-electron chi connectivity index (χ3n) is 3.94. The van der Waals surface area contributed by atoms with Gasteiger partial charge >= 0.3 is 0 Å². The number of hydrogen-bond donors (Lipinski definition) is 3. The number of hydrogen-bond acceptors (Lipinski definition) is 4. The molecule has 0 saturated carbocycles. The van der Waals surface area contributed by atoms with Crippen LogP contribution in [0.15, 0.2) is 29.4 Å². The van der Waals surface area contributed by atoms with E-state index < -0.39 is 0 Å². The van der Waals surface area contributed by atoms with Crippen molar-refractivity contribution < 1.29 is 5.11 Å². The lowest BCUT2D eigenvalue weighted by molar-refractivity contribution is 0.148. The van der Waals surface area contributed by atoms with Gasteiger partial charge in [0.2, 0.25) is 0 Å². The summed E-state index contributed by atoms with van der Waals surface area (Å²) in [7, 11) is 0. The molecule has 0 fully saturated rings. The van der Waals surface area contributed by atoms with Gasteiger partial charge < -0.3 is 15.4 Å². The average Bonchev–Trinajstić information content (AvgIpc) is 2.93. The van der Waals surface area contributed by atoms with Crippen molar-refractivity contribution in [2.45, 2.75) is 43.8 Å². The highest BCUT2D eigenvalue weighted by molar-refractivity contribution is 7.99. The molecule has 1 aromatic carbocycles. The van der Waals surface area contributed by atoms with E-state index >= 15 is 0 Å². The Kier molecular flexibility index (Phi) is 6.08. The number of aliphatic hydroxyl groups excluding tert-OH is 1. The van der Waals surface area contributed by atoms with Crippen LogP contribution in [0.3, 0.4) is 0 Å². The van der Waals surface area contributed by atoms with Crippen molar-refractivity contribution in [1.29, 1.82) is 0 Å². The molecule has 1 unspecified atom stereocenters. The Balaban J connectivity index is 1.83. The van der Waals surface area contributed by atoms with E-state index in [0.717, 1.165) is 47.7 Å². The van der Waals surface area contributed by atoms with Crippen LogP contribution in [0.1, 0.15) is 33.1 Å². The van der Waals surface area contributed by atoms with E-state index in [1.54, 1.807) is 11.8 Å². The molecule has 2 aromatic rings. The molecule has 1 atom stereocenters. The maximum Gasteiger partial charge on any atom is 0.166 e. The molecule has 21 heavy (non-hydrogen) atoms. The van der Waals surface area contributed by atoms with Crippen LogP contribution in [0.25, 0.3) is 11.0 Å². The van der Waals surface area contributed by atoms with Gasteiger partial charge in [-0.2, -0.15) is 0 Å². The van der Waals surface area contributed by atoms with Gasteiger partial charge in [0.15, 0.2) is 5.16 Å². The minimum absolute atomic E-state index is 0.122. The van der Waals surface area contributed by atoms with E-state index in [-0.39, 0.29) is 12.1 Å². The number of fused-ring (bicyclic) bond motifs is 1. The Morgan fingerprint density at radius 1 is 1.33 bits per heavy atom. The molecular weight excluding hydrogens is 282 g/mol. The first kappa shape index (κ1) is 16.3. The zero-order chi connectivity index (χ0) is 15.1. The van der Waals surface area contributed by atoms with Crippen molar-refractivity contribution >= 4 is 22.8 Å². The maximum atomic E-state index is 9.63. The van der Waals surface area contributed by atoms with Gasteiger partial charge in [-0.15, -0.1) is 0 Å². The molecule has 0 amide bonds. The van der Waals surface area contributed by atoms with Crippen molar-refractivity contribution in [2.75, 3.05) is 18.9 Å². The molecule has 0 aliphatic carbocycles. The van der Waals surface area contributed by atoms with Crippen LogP contribution in [-0.2, 0) is 0 Å². The Morgan fingerprint density at radius 2 is 2.14 bits per heavy atom. The number of aromatic nitrogens is 2. The summed E-state index contributed by atoms with van der Waals surface area (Å²) in [6.07, 6.45) is 3.00. The fourth-order valence-electron chi connectivity index (χ4n) is 2.59. The van der Waals surface area contributed by atoms with Crippen LogP contribution in [0, 0.1) is 0 Å². The average molecular weight is 307 g/mol. The van der Waals surface area contributed by atoms with Crippen molar-refractivity contribution in [1.82, 2.24) is 15.3 Å². The Labute approximate surface area is 130 Å². The summed E-state index contributed by atoms with van der Waals surface area (Å²) in [5.74, 6) is 1.01. The van der Waals surface area contributed by atoms with E-state index in [2.05, 4.69) is 29.1 Å². The number of para-hydroxylation sites is 2. The minimum Gasteiger partial charge on any atom is -0.394 e. The normalized spacial score (nSPS) is 14.4. The number of rotatable bonds is 9. The fourth-order valence-corrected chi connectivity index (χ4v) is 3.42. The van der Waals surface area contributed by atoms with Gasteiger partial charge in [-0.3, -0.25) is 0 Å². The minimum atomic E-state index is -0.122. The van der Waals surface area contributed by atoms with Gasteiger partial charge in [0.1, 0.15) is 0 Å². The van der Waals surface area contributed by atoms with Crippen LogP contribution in [-0.4, -0.2) is 39.5 Å². The number of thioether (sulfide) groups is 1. The first-order chi connectivity index (χ1) is 10.2. The summed E-state index contributed by atoms with van der Waals surface area (Å²) >= 11 is 1.75. The molecule has 2 rings (SSSR count). The molecule has 4 nitrogen and oxygen atoms in total. The zero-order valence-corrected chi connectivity index (χ0v) is 13.7. The molecule has 1 aromatic heterocycles. The van der Waals surface area contributed by atoms with Crippen molar-refractivity contribution in [2.24, 2.45) is 0 Å². The van der Waals surface area contributed by atoms with Crippen LogP contribution < -0.4 is 5.32 Å². The first-order valence-electron chi connectivity index (χ1n) is 7.66. The number of likely N-dealkylation sites (N-methyl/N-ethyl adjacent to an activating group) is 1. The molecule has 0 bridgehead atoms. The molecule has 116 valence electrons. The van der Waals surface area contributed by atoms with Gasteiger partial charge in [0, 0.05) is 11.3 Å². The summed E-state index contributed by atoms with van der Waals surface area (Å²) < 4.78 is 0. The second kappa shape index (κ2) is 7.82. The van der Waals surface area contributed by atoms with Crippen molar-refractivity contribution in [3.63, 3.8) is 0 Å². The predicted molar refractivity (Wildman–Crippen MR) is 89.8 cm³/mol. The topological polar surface area (TPSA) is 60.9 Å². The number of imidazole rings is 1. The summed E-state index contributed by atoms with van der Waals surface area (Å²) in [4.78, 5) is 7.90. The second-order valence-electron chi connectivity index (χ2n) is 5.33. The van der Waals surface area contributed by atoms with E-state index in [9.17, 15) is 5.11 Å². The summed E-state index contributed by atoms with van der Waals surface area (Å²) in [6, 6.07) is 8.09. The molecule has 0 aliphatic heterocycles. The summed E-state index contributed by atoms with van der Waals surface area (Å²) in [6.45, 7) is 5.31. The Hall–Kier alpha value is -1.04. The third-order valence-corrected chi connectivity index (χ3v) is 4.90. The zero-order valence-electron chi connectivity index (χ0n) is 12.9. The molecular formula is C16H25N3OS. The van der Waals surface area contributed by atoms with Crippen LogP contribution >= 0.6 is 11.8 Å². The summed E-state index contributed by atoms with van der Waals surface area (Å²) in [5.41, 5.74) is 1.99. The molecule has 0 saturated heterocycles. The fraction of sp³-hybridized carbons (Fsp3) is 0.562. The molecule has 5 heteroatoms. The number of H-pyrrole nitrogens is 1. The van der Waals surface area contributed by atoms with Gasteiger partial charge in [0.05, 0.1) is 17.6 Å². The summed E-state index contributed by atoms with van der Waals surface area (Å²) in [5, 5.41) is 14.0. The molecule has 3 N–H and O–H groups in total. The first-order valence-corrected chi connectivity index (χ1v) is 8.65. The Bertz CT molecular complexity index is 518. The van der Waals surface area contributed by atoms with E-state index in [4.69, 9.17) is 0 Å². The van der Waals surface area contributed by atoms with Crippen LogP contribution in [0.5, 0.6) is 0 Å². The van der Waals surface area contributed by atoms with E-state index in [0.29, 0.717) is 0 Å². The molecule has 0 spiro atoms. The van der Waals surface area contributed by atoms with Gasteiger partial charge in [-0.25, -0.2) is 4.98 Å². The van der Waals surface area contributed by atoms with Gasteiger partial charge in [-0.1, -0.05) is 37.7 Å². The second-order valence-corrected chi connectivity index (χ2v) is 6.42. The van der Waals surface area contributed by atoms with E-state index in [1.807, 2.05) is 24.3 Å². The van der Waals surface area contributed by atoms with E-state index in [1.165, 1.54) is 0 Å². The predicted octanol–water partition coefficient (Wildman–Crippen LogP) is 3.19. The van der Waals surface area contributed by atoms with Gasteiger partial charge in [-0.05, 0) is 37.9 Å². The third kappa shape index (κ3) is 4.22. The standard InChI is InChI=1S/C16H25N3OS/c1-3-16(12-20,17-4-2)10-7-11-21-15-18-13-8-5-6-9-14(13)19-15/h5-6,8-9,17,20H,3-4,7,10-12H2,1-2H3,(H,18,19). The quantitative estimate of drug-likeness (QED) is 0.492. The van der Waals surface area contributed by atoms with Crippen molar-refractivity contribution in [3.8, 4) is 0 Å². The lowest BCUT2D eigenvalue weighted by Crippen LogP contribution is -2.48. The smallest absolute Gasteiger partial charge is 0.166 e. The van der Waals surface area contributed by atoms with Gasteiger partial charge in [0.25, 0.3) is 0 Å². The lowest BCUT2D eigenvalue weighted by Gasteiger charge is -2.31. The highest BCUT2D eigenvalue weighted by Crippen LogP contribution is 2.23. The monoisotopic (exact) mass is 307 g/mol. The largest absolute Gasteiger partial charge is 0.394 e. The van der Waals surface area contributed by atoms with Crippen LogP contribution in [0.4, 0.5) is 0 Å². The molecule has 0 aliphatic rings. The number of benzene rings is 1.